The molecule has 1 rings (SSSR count). The van der Waals surface area contributed by atoms with Crippen molar-refractivity contribution in [1.29, 1.82) is 0 Å². The molecule has 9 heteroatoms. The minimum Gasteiger partial charge on any atom is -0.321 e. The number of rotatable bonds is 1. The lowest BCUT2D eigenvalue weighted by atomic mass is 10.3. The van der Waals surface area contributed by atoms with Gasteiger partial charge in [0.1, 0.15) is 0 Å². The zero-order valence-corrected chi connectivity index (χ0v) is 8.16. The largest absolute Gasteiger partial charge is 0.466 e. The molecule has 0 aliphatic rings. The molecule has 0 radical (unpaired) electrons. The summed E-state index contributed by atoms with van der Waals surface area (Å²) in [5, 5.41) is 0. The van der Waals surface area contributed by atoms with Crippen molar-refractivity contribution in [2.45, 2.75) is 0 Å². The molecular weight excluding hydrogens is 233 g/mol. The zero-order chi connectivity index (χ0) is 12.1. The molecule has 0 fully saturated rings. The van der Waals surface area contributed by atoms with E-state index in [0.717, 1.165) is 6.07 Å². The monoisotopic (exact) mass is 242 g/mol. The SMILES string of the molecule is NNc1cccc(F)c1F.O=P(O)(O)O. The maximum Gasteiger partial charge on any atom is 0.466 e. The summed E-state index contributed by atoms with van der Waals surface area (Å²) in [6.07, 6.45) is 0. The first-order valence-corrected chi connectivity index (χ1v) is 5.01. The molecule has 6 nitrogen and oxygen atoms in total. The second kappa shape index (κ2) is 5.74. The van der Waals surface area contributed by atoms with Crippen LogP contribution in [0.4, 0.5) is 14.5 Å². The smallest absolute Gasteiger partial charge is 0.321 e. The van der Waals surface area contributed by atoms with Gasteiger partial charge in [-0.25, -0.2) is 13.3 Å². The lowest BCUT2D eigenvalue weighted by Crippen LogP contribution is -2.09. The number of hydrazine groups is 1. The maximum atomic E-state index is 12.5. The molecule has 0 aliphatic heterocycles. The molecule has 0 atom stereocenters. The van der Waals surface area contributed by atoms with Gasteiger partial charge in [0, 0.05) is 0 Å². The first-order valence-electron chi connectivity index (χ1n) is 3.44. The van der Waals surface area contributed by atoms with Gasteiger partial charge in [-0.05, 0) is 12.1 Å². The Morgan fingerprint density at radius 3 is 2.07 bits per heavy atom. The first-order chi connectivity index (χ1) is 6.75. The van der Waals surface area contributed by atoms with E-state index < -0.39 is 19.5 Å². The van der Waals surface area contributed by atoms with E-state index in [9.17, 15) is 8.78 Å². The molecule has 1 aromatic carbocycles. The summed E-state index contributed by atoms with van der Waals surface area (Å²) in [6.45, 7) is 0. The van der Waals surface area contributed by atoms with E-state index in [0.29, 0.717) is 0 Å². The number of phosphoric acid groups is 1. The van der Waals surface area contributed by atoms with Crippen LogP contribution in [0.5, 0.6) is 0 Å². The normalized spacial score (nSPS) is 10.3. The molecule has 1 aromatic rings. The Kier molecular flexibility index (Phi) is 5.34. The summed E-state index contributed by atoms with van der Waals surface area (Å²) in [5.74, 6) is 3.00. The number of nitrogens with one attached hydrogen (secondary N) is 1. The Hall–Kier alpha value is -1.05. The predicted octanol–water partition coefficient (Wildman–Crippen LogP) is 0.322. The molecule has 15 heavy (non-hydrogen) atoms. The lowest BCUT2D eigenvalue weighted by Gasteiger charge is -1.99. The van der Waals surface area contributed by atoms with E-state index in [1.54, 1.807) is 0 Å². The summed E-state index contributed by atoms with van der Waals surface area (Å²) < 4.78 is 33.7. The molecule has 0 unspecified atom stereocenters. The highest BCUT2D eigenvalue weighted by Gasteiger charge is 2.04. The molecule has 0 spiro atoms. The second-order valence-corrected chi connectivity index (χ2v) is 3.29. The standard InChI is InChI=1S/C6H6F2N2.H3O4P/c7-4-2-1-3-5(10-9)6(4)8;1-5(2,3)4/h1-3,10H,9H2;(H3,1,2,3,4). The predicted molar refractivity (Wildman–Crippen MR) is 48.4 cm³/mol. The molecular formula is C6H9F2N2O4P. The van der Waals surface area contributed by atoms with Crippen LogP contribution >= 0.6 is 7.82 Å². The zero-order valence-electron chi connectivity index (χ0n) is 7.26. The van der Waals surface area contributed by atoms with Crippen LogP contribution in [0, 0.1) is 11.6 Å². The molecule has 0 saturated carbocycles. The van der Waals surface area contributed by atoms with Crippen molar-refractivity contribution < 1.29 is 28.0 Å². The van der Waals surface area contributed by atoms with Crippen LogP contribution in [0.15, 0.2) is 18.2 Å². The Labute approximate surface area is 83.6 Å². The van der Waals surface area contributed by atoms with Crippen molar-refractivity contribution in [1.82, 2.24) is 0 Å². The summed E-state index contributed by atoms with van der Waals surface area (Å²) in [7, 11) is -4.64. The highest BCUT2D eigenvalue weighted by Crippen LogP contribution is 2.25. The van der Waals surface area contributed by atoms with Gasteiger partial charge in [-0.3, -0.25) is 5.84 Å². The van der Waals surface area contributed by atoms with Crippen molar-refractivity contribution in [3.05, 3.63) is 29.8 Å². The molecule has 86 valence electrons. The van der Waals surface area contributed by atoms with Crippen LogP contribution in [0.2, 0.25) is 0 Å². The molecule has 0 aliphatic carbocycles. The highest BCUT2D eigenvalue weighted by atomic mass is 31.2. The number of hydrogen-bond donors (Lipinski definition) is 5. The number of hydrogen-bond acceptors (Lipinski definition) is 3. The summed E-state index contributed by atoms with van der Waals surface area (Å²) >= 11 is 0. The van der Waals surface area contributed by atoms with E-state index in [2.05, 4.69) is 0 Å². The van der Waals surface area contributed by atoms with Gasteiger partial charge in [-0.15, -0.1) is 0 Å². The van der Waals surface area contributed by atoms with Crippen LogP contribution in [0.25, 0.3) is 0 Å². The molecule has 0 saturated heterocycles. The Morgan fingerprint density at radius 2 is 1.73 bits per heavy atom. The fraction of sp³-hybridized carbons (Fsp3) is 0. The summed E-state index contributed by atoms with van der Waals surface area (Å²) in [6, 6.07) is 3.74. The molecule has 0 bridgehead atoms. The van der Waals surface area contributed by atoms with Crippen molar-refractivity contribution in [2.24, 2.45) is 5.84 Å². The van der Waals surface area contributed by atoms with Crippen molar-refractivity contribution in [3.63, 3.8) is 0 Å². The molecule has 0 aromatic heterocycles. The number of nitrogens with two attached hydrogens (primary N) is 1. The number of benzene rings is 1. The van der Waals surface area contributed by atoms with Crippen molar-refractivity contribution in [3.8, 4) is 0 Å². The minimum absolute atomic E-state index is 0.0417. The van der Waals surface area contributed by atoms with E-state index in [4.69, 9.17) is 25.1 Å². The van der Waals surface area contributed by atoms with Crippen LogP contribution in [-0.4, -0.2) is 14.7 Å². The fourth-order valence-electron chi connectivity index (χ4n) is 0.615. The van der Waals surface area contributed by atoms with E-state index in [-0.39, 0.29) is 5.69 Å². The van der Waals surface area contributed by atoms with Crippen molar-refractivity contribution >= 4 is 13.5 Å². The van der Waals surface area contributed by atoms with Crippen LogP contribution in [0.1, 0.15) is 0 Å². The van der Waals surface area contributed by atoms with Crippen LogP contribution in [0.3, 0.4) is 0 Å². The maximum absolute atomic E-state index is 12.5. The number of halogens is 2. The molecule has 0 amide bonds. The van der Waals surface area contributed by atoms with Gasteiger partial charge in [-0.1, -0.05) is 6.07 Å². The minimum atomic E-state index is -4.64. The first kappa shape index (κ1) is 13.9. The van der Waals surface area contributed by atoms with E-state index >= 15 is 0 Å². The molecule has 0 heterocycles. The lowest BCUT2D eigenvalue weighted by molar-refractivity contribution is 0.275. The van der Waals surface area contributed by atoms with Gasteiger partial charge in [-0.2, -0.15) is 0 Å². The Morgan fingerprint density at radius 1 is 1.27 bits per heavy atom. The molecule has 6 N–H and O–H groups in total. The average Bonchev–Trinajstić information content (AvgIpc) is 2.07. The Bertz CT molecular complexity index is 362. The third-order valence-electron chi connectivity index (χ3n) is 1.11. The van der Waals surface area contributed by atoms with Gasteiger partial charge < -0.3 is 20.1 Å². The average molecular weight is 242 g/mol. The van der Waals surface area contributed by atoms with Gasteiger partial charge in [0.25, 0.3) is 0 Å². The topological polar surface area (TPSA) is 116 Å². The third-order valence-corrected chi connectivity index (χ3v) is 1.11. The second-order valence-electron chi connectivity index (χ2n) is 2.26. The van der Waals surface area contributed by atoms with Gasteiger partial charge in [0.15, 0.2) is 11.6 Å². The van der Waals surface area contributed by atoms with Crippen LogP contribution < -0.4 is 11.3 Å². The number of anilines is 1. The van der Waals surface area contributed by atoms with Crippen LogP contribution in [-0.2, 0) is 4.57 Å². The quantitative estimate of drug-likeness (QED) is 0.275. The number of nitrogen functional groups attached to an aromatic ring is 1. The van der Waals surface area contributed by atoms with Gasteiger partial charge >= 0.3 is 7.82 Å². The van der Waals surface area contributed by atoms with Crippen molar-refractivity contribution in [2.75, 3.05) is 5.43 Å². The van der Waals surface area contributed by atoms with E-state index in [1.165, 1.54) is 12.1 Å². The van der Waals surface area contributed by atoms with Gasteiger partial charge in [0.05, 0.1) is 5.69 Å². The van der Waals surface area contributed by atoms with Gasteiger partial charge in [0.2, 0.25) is 0 Å². The third kappa shape index (κ3) is 6.95. The fourth-order valence-corrected chi connectivity index (χ4v) is 0.615. The van der Waals surface area contributed by atoms with E-state index in [1.807, 2.05) is 5.43 Å². The summed E-state index contributed by atoms with van der Waals surface area (Å²) in [4.78, 5) is 21.6. The Balaban J connectivity index is 0.000000336. The summed E-state index contributed by atoms with van der Waals surface area (Å²) in [5.41, 5.74) is 1.98. The highest BCUT2D eigenvalue weighted by molar-refractivity contribution is 7.45.